The molecule has 0 amide bonds. The Morgan fingerprint density at radius 1 is 1.39 bits per heavy atom. The first-order valence-corrected chi connectivity index (χ1v) is 5.54. The normalized spacial score (nSPS) is 10.6. The fourth-order valence-corrected chi connectivity index (χ4v) is 1.50. The third kappa shape index (κ3) is 2.84. The molecule has 5 nitrogen and oxygen atoms in total. The topological polar surface area (TPSA) is 60.2 Å². The molecule has 2 aromatic rings. The molecule has 18 heavy (non-hydrogen) atoms. The van der Waals surface area contributed by atoms with E-state index in [1.54, 1.807) is 13.0 Å². The van der Waals surface area contributed by atoms with Crippen molar-refractivity contribution in [1.29, 1.82) is 0 Å². The number of aryl methyl sites for hydroxylation is 1. The van der Waals surface area contributed by atoms with E-state index in [2.05, 4.69) is 20.3 Å². The number of nitrogens with one attached hydrogen (secondary N) is 1. The predicted octanol–water partition coefficient (Wildman–Crippen LogP) is 1.82. The highest BCUT2D eigenvalue weighted by molar-refractivity contribution is 5.29. The number of aromatic nitrogens is 2. The monoisotopic (exact) mass is 251 g/mol. The minimum Gasteiger partial charge on any atom is -0.484 e. The summed E-state index contributed by atoms with van der Waals surface area (Å²) in [6.45, 7) is 2.50. The van der Waals surface area contributed by atoms with Gasteiger partial charge >= 0.3 is 0 Å². The zero-order chi connectivity index (χ0) is 13.0. The van der Waals surface area contributed by atoms with E-state index in [1.807, 2.05) is 13.1 Å². The molecule has 0 aliphatic heterocycles. The standard InChI is InChI=1S/C12H14FN3O2/c1-8-11(16-18-15-8)7-17-12-4-3-9(6-14-2)5-10(12)13/h3-5,14H,6-7H2,1-2H3. The maximum Gasteiger partial charge on any atom is 0.165 e. The fraction of sp³-hybridized carbons (Fsp3) is 0.333. The van der Waals surface area contributed by atoms with Gasteiger partial charge in [-0.3, -0.25) is 0 Å². The molecule has 0 spiro atoms. The molecule has 0 aliphatic carbocycles. The highest BCUT2D eigenvalue weighted by atomic mass is 19.1. The zero-order valence-corrected chi connectivity index (χ0v) is 10.2. The summed E-state index contributed by atoms with van der Waals surface area (Å²) in [5.74, 6) is -0.200. The van der Waals surface area contributed by atoms with Gasteiger partial charge in [0.1, 0.15) is 18.0 Å². The van der Waals surface area contributed by atoms with Crippen LogP contribution in [0, 0.1) is 12.7 Å². The fourth-order valence-electron chi connectivity index (χ4n) is 1.50. The molecule has 0 saturated carbocycles. The lowest BCUT2D eigenvalue weighted by Crippen LogP contribution is -2.06. The highest BCUT2D eigenvalue weighted by Gasteiger charge is 2.09. The number of halogens is 1. The van der Waals surface area contributed by atoms with E-state index < -0.39 is 5.82 Å². The van der Waals surface area contributed by atoms with Crippen molar-refractivity contribution in [2.45, 2.75) is 20.1 Å². The van der Waals surface area contributed by atoms with Gasteiger partial charge in [0, 0.05) is 6.54 Å². The second-order valence-electron chi connectivity index (χ2n) is 3.88. The van der Waals surface area contributed by atoms with Crippen LogP contribution in [-0.4, -0.2) is 17.4 Å². The minimum absolute atomic E-state index is 0.137. The van der Waals surface area contributed by atoms with E-state index in [0.717, 1.165) is 5.56 Å². The van der Waals surface area contributed by atoms with Crippen LogP contribution in [0.4, 0.5) is 4.39 Å². The number of hydrogen-bond acceptors (Lipinski definition) is 5. The van der Waals surface area contributed by atoms with Gasteiger partial charge in [-0.2, -0.15) is 0 Å². The summed E-state index contributed by atoms with van der Waals surface area (Å²) in [5.41, 5.74) is 2.07. The first kappa shape index (κ1) is 12.5. The highest BCUT2D eigenvalue weighted by Crippen LogP contribution is 2.19. The molecule has 0 bridgehead atoms. The molecule has 0 aliphatic rings. The van der Waals surface area contributed by atoms with Crippen LogP contribution in [0.5, 0.6) is 5.75 Å². The zero-order valence-electron chi connectivity index (χ0n) is 10.2. The average Bonchev–Trinajstić information content (AvgIpc) is 2.74. The summed E-state index contributed by atoms with van der Waals surface area (Å²) in [6.07, 6.45) is 0. The number of nitrogens with zero attached hydrogens (tertiary/aromatic N) is 2. The van der Waals surface area contributed by atoms with Crippen molar-refractivity contribution >= 4 is 0 Å². The quantitative estimate of drug-likeness (QED) is 0.878. The van der Waals surface area contributed by atoms with Crippen molar-refractivity contribution < 1.29 is 13.8 Å². The Bertz CT molecular complexity index is 528. The van der Waals surface area contributed by atoms with Crippen molar-refractivity contribution in [3.8, 4) is 5.75 Å². The SMILES string of the molecule is CNCc1ccc(OCc2nonc2C)c(F)c1. The van der Waals surface area contributed by atoms with Gasteiger partial charge < -0.3 is 10.1 Å². The number of ether oxygens (including phenoxy) is 1. The van der Waals surface area contributed by atoms with Gasteiger partial charge in [0.25, 0.3) is 0 Å². The van der Waals surface area contributed by atoms with E-state index in [0.29, 0.717) is 17.9 Å². The van der Waals surface area contributed by atoms with Gasteiger partial charge in [0.05, 0.1) is 0 Å². The lowest BCUT2D eigenvalue weighted by atomic mass is 10.2. The van der Waals surface area contributed by atoms with Crippen molar-refractivity contribution in [3.05, 3.63) is 41.0 Å². The smallest absolute Gasteiger partial charge is 0.165 e. The summed E-state index contributed by atoms with van der Waals surface area (Å²) >= 11 is 0. The number of hydrogen-bond donors (Lipinski definition) is 1. The molecule has 1 heterocycles. The molecule has 0 unspecified atom stereocenters. The molecule has 0 saturated heterocycles. The van der Waals surface area contributed by atoms with Crippen LogP contribution in [0.3, 0.4) is 0 Å². The lowest BCUT2D eigenvalue weighted by Gasteiger charge is -2.07. The molecule has 0 radical (unpaired) electrons. The second-order valence-corrected chi connectivity index (χ2v) is 3.88. The van der Waals surface area contributed by atoms with Crippen LogP contribution in [-0.2, 0) is 13.2 Å². The van der Waals surface area contributed by atoms with Crippen LogP contribution in [0.15, 0.2) is 22.8 Å². The van der Waals surface area contributed by atoms with Gasteiger partial charge in [-0.1, -0.05) is 16.4 Å². The third-order valence-corrected chi connectivity index (χ3v) is 2.49. The minimum atomic E-state index is -0.392. The predicted molar refractivity (Wildman–Crippen MR) is 62.5 cm³/mol. The maximum absolute atomic E-state index is 13.7. The average molecular weight is 251 g/mol. The molecule has 6 heteroatoms. The molecular formula is C12H14FN3O2. The summed E-state index contributed by atoms with van der Waals surface area (Å²) in [7, 11) is 1.81. The first-order valence-electron chi connectivity index (χ1n) is 5.54. The van der Waals surface area contributed by atoms with Crippen LogP contribution in [0.25, 0.3) is 0 Å². The first-order chi connectivity index (χ1) is 8.70. The van der Waals surface area contributed by atoms with E-state index in [1.165, 1.54) is 6.07 Å². The number of benzene rings is 1. The van der Waals surface area contributed by atoms with Crippen molar-refractivity contribution in [2.24, 2.45) is 0 Å². The van der Waals surface area contributed by atoms with Crippen molar-refractivity contribution in [2.75, 3.05) is 7.05 Å². The molecule has 1 aromatic carbocycles. The Hall–Kier alpha value is -1.95. The molecule has 96 valence electrons. The summed E-state index contributed by atoms with van der Waals surface area (Å²) < 4.78 is 23.6. The largest absolute Gasteiger partial charge is 0.484 e. The van der Waals surface area contributed by atoms with Crippen molar-refractivity contribution in [1.82, 2.24) is 15.6 Å². The molecule has 0 atom stereocenters. The van der Waals surface area contributed by atoms with Gasteiger partial charge in [-0.25, -0.2) is 9.02 Å². The van der Waals surface area contributed by atoms with Crippen molar-refractivity contribution in [3.63, 3.8) is 0 Å². The molecule has 1 aromatic heterocycles. The molecule has 1 N–H and O–H groups in total. The van der Waals surface area contributed by atoms with E-state index in [9.17, 15) is 4.39 Å². The van der Waals surface area contributed by atoms with Gasteiger partial charge in [-0.05, 0) is 31.7 Å². The van der Waals surface area contributed by atoms with Crippen LogP contribution in [0.2, 0.25) is 0 Å². The molecule has 0 fully saturated rings. The lowest BCUT2D eigenvalue weighted by molar-refractivity contribution is 0.262. The summed E-state index contributed by atoms with van der Waals surface area (Å²) in [6, 6.07) is 4.85. The third-order valence-electron chi connectivity index (χ3n) is 2.49. The van der Waals surface area contributed by atoms with Gasteiger partial charge in [-0.15, -0.1) is 0 Å². The summed E-state index contributed by atoms with van der Waals surface area (Å²) in [5, 5.41) is 10.2. The Kier molecular flexibility index (Phi) is 3.88. The Balaban J connectivity index is 2.03. The summed E-state index contributed by atoms with van der Waals surface area (Å²) in [4.78, 5) is 0. The Morgan fingerprint density at radius 2 is 2.22 bits per heavy atom. The maximum atomic E-state index is 13.7. The van der Waals surface area contributed by atoms with E-state index in [-0.39, 0.29) is 12.4 Å². The molecular weight excluding hydrogens is 237 g/mol. The van der Waals surface area contributed by atoms with Gasteiger partial charge in [0.2, 0.25) is 0 Å². The van der Waals surface area contributed by atoms with E-state index in [4.69, 9.17) is 4.74 Å². The van der Waals surface area contributed by atoms with Crippen LogP contribution in [0.1, 0.15) is 17.0 Å². The Morgan fingerprint density at radius 3 is 2.83 bits per heavy atom. The van der Waals surface area contributed by atoms with Gasteiger partial charge in [0.15, 0.2) is 11.6 Å². The number of rotatable bonds is 5. The van der Waals surface area contributed by atoms with Crippen LogP contribution < -0.4 is 10.1 Å². The van der Waals surface area contributed by atoms with E-state index >= 15 is 0 Å². The second kappa shape index (κ2) is 5.59. The Labute approximate surface area is 104 Å². The molecule has 2 rings (SSSR count). The van der Waals surface area contributed by atoms with Crippen LogP contribution >= 0.6 is 0 Å².